The second-order valence-corrected chi connectivity index (χ2v) is 6.42. The van der Waals surface area contributed by atoms with Gasteiger partial charge in [-0.2, -0.15) is 0 Å². The number of fused-ring (bicyclic) bond motifs is 3. The summed E-state index contributed by atoms with van der Waals surface area (Å²) < 4.78 is 6.42. The molecular weight excluding hydrogens is 316 g/mol. The van der Waals surface area contributed by atoms with E-state index >= 15 is 0 Å². The minimum absolute atomic E-state index is 0.883. The van der Waals surface area contributed by atoms with Crippen molar-refractivity contribution in [3.63, 3.8) is 0 Å². The van der Waals surface area contributed by atoms with Crippen LogP contribution < -0.4 is 0 Å². The molecule has 26 heavy (non-hydrogen) atoms. The minimum atomic E-state index is 0.883. The van der Waals surface area contributed by atoms with Crippen molar-refractivity contribution in [1.82, 2.24) is 0 Å². The first kappa shape index (κ1) is 14.9. The number of hydrogen-bond donors (Lipinski definition) is 0. The molecule has 1 nitrogen and oxygen atoms in total. The van der Waals surface area contributed by atoms with Crippen LogP contribution in [0.3, 0.4) is 0 Å². The van der Waals surface area contributed by atoms with E-state index < -0.39 is 0 Å². The fourth-order valence-corrected chi connectivity index (χ4v) is 3.51. The van der Waals surface area contributed by atoms with Gasteiger partial charge in [0.1, 0.15) is 0 Å². The topological polar surface area (TPSA) is 11.3 Å². The molecule has 0 radical (unpaired) electrons. The fraction of sp³-hybridized carbons (Fsp3) is 0. The van der Waals surface area contributed by atoms with Gasteiger partial charge in [0.25, 0.3) is 0 Å². The van der Waals surface area contributed by atoms with Crippen LogP contribution in [0.25, 0.3) is 44.2 Å². The molecule has 0 atom stereocenters. The van der Waals surface area contributed by atoms with Crippen LogP contribution in [0.15, 0.2) is 108 Å². The summed E-state index contributed by atoms with van der Waals surface area (Å²) in [6.45, 7) is 0. The van der Waals surface area contributed by atoms with Crippen LogP contribution in [0.1, 0.15) is 0 Å². The van der Waals surface area contributed by atoms with E-state index in [1.165, 1.54) is 16.5 Å². The van der Waals surface area contributed by atoms with Gasteiger partial charge in [0.15, 0.2) is 0 Å². The van der Waals surface area contributed by atoms with Crippen molar-refractivity contribution in [1.29, 1.82) is 0 Å². The summed E-state index contributed by atoms with van der Waals surface area (Å²) in [5.74, 6) is 0.883. The van der Waals surface area contributed by atoms with Crippen molar-refractivity contribution in [2.75, 3.05) is 0 Å². The van der Waals surface area contributed by atoms with Crippen LogP contribution in [0.5, 0.6) is 0 Å². The van der Waals surface area contributed by atoms with Crippen molar-refractivity contribution in [2.45, 2.75) is 0 Å². The van der Waals surface area contributed by atoms with Crippen molar-refractivity contribution in [2.24, 2.45) is 0 Å². The van der Waals surface area contributed by atoms with Crippen molar-refractivity contribution >= 4 is 21.7 Å². The van der Waals surface area contributed by atoms with E-state index in [1.54, 1.807) is 0 Å². The summed E-state index contributed by atoms with van der Waals surface area (Å²) in [6.07, 6.45) is 0. The van der Waals surface area contributed by atoms with Crippen molar-refractivity contribution in [3.05, 3.63) is 103 Å². The second kappa shape index (κ2) is 6.12. The van der Waals surface area contributed by atoms with Crippen LogP contribution in [0, 0.1) is 0 Å². The smallest absolute Gasteiger partial charge is 0.206 e. The predicted molar refractivity (Wildman–Crippen MR) is 109 cm³/mol. The van der Waals surface area contributed by atoms with Crippen molar-refractivity contribution < 1.29 is 4.42 Å². The molecule has 0 aliphatic rings. The SMILES string of the molecule is c1ccc(-c2cc(-c3ccccc3)c3ccc4ccccc4c3[o+]2)cc1. The Labute approximate surface area is 152 Å². The Morgan fingerprint density at radius 1 is 0.500 bits per heavy atom. The van der Waals surface area contributed by atoms with Crippen LogP contribution >= 0.6 is 0 Å². The molecule has 1 heteroatoms. The molecule has 1 aromatic heterocycles. The highest BCUT2D eigenvalue weighted by Crippen LogP contribution is 2.37. The standard InChI is InChI=1S/C25H17O/c1-3-9-18(10-4-1)23-17-24(20-12-5-2-6-13-20)26-25-21-14-8-7-11-19(21)15-16-22(23)25/h1-17H/q+1. The van der Waals surface area contributed by atoms with E-state index in [0.717, 1.165) is 27.7 Å². The van der Waals surface area contributed by atoms with E-state index in [-0.39, 0.29) is 0 Å². The maximum Gasteiger partial charge on any atom is 0.369 e. The summed E-state index contributed by atoms with van der Waals surface area (Å²) in [6, 6.07) is 35.7. The van der Waals surface area contributed by atoms with Gasteiger partial charge in [-0.3, -0.25) is 0 Å². The molecule has 0 N–H and O–H groups in total. The summed E-state index contributed by atoms with van der Waals surface area (Å²) >= 11 is 0. The van der Waals surface area contributed by atoms with Gasteiger partial charge < -0.3 is 0 Å². The largest absolute Gasteiger partial charge is 0.369 e. The lowest BCUT2D eigenvalue weighted by Gasteiger charge is -2.05. The molecule has 5 rings (SSSR count). The fourth-order valence-electron chi connectivity index (χ4n) is 3.51. The zero-order chi connectivity index (χ0) is 17.3. The van der Waals surface area contributed by atoms with E-state index in [0.29, 0.717) is 0 Å². The third-order valence-electron chi connectivity index (χ3n) is 4.80. The Hall–Kier alpha value is -3.45. The highest BCUT2D eigenvalue weighted by molar-refractivity contribution is 6.09. The predicted octanol–water partition coefficient (Wildman–Crippen LogP) is 7.20. The molecule has 1 heterocycles. The molecule has 0 amide bonds. The van der Waals surface area contributed by atoms with Gasteiger partial charge in [0.2, 0.25) is 0 Å². The Morgan fingerprint density at radius 3 is 1.92 bits per heavy atom. The van der Waals surface area contributed by atoms with Gasteiger partial charge in [-0.1, -0.05) is 72.8 Å². The van der Waals surface area contributed by atoms with Gasteiger partial charge in [-0.25, -0.2) is 4.42 Å². The molecule has 122 valence electrons. The van der Waals surface area contributed by atoms with Gasteiger partial charge >= 0.3 is 11.3 Å². The zero-order valence-electron chi connectivity index (χ0n) is 14.2. The molecule has 4 aromatic carbocycles. The monoisotopic (exact) mass is 333 g/mol. The first-order chi connectivity index (χ1) is 12.9. The summed E-state index contributed by atoms with van der Waals surface area (Å²) in [4.78, 5) is 0. The summed E-state index contributed by atoms with van der Waals surface area (Å²) in [7, 11) is 0. The molecule has 0 spiro atoms. The van der Waals surface area contributed by atoms with Gasteiger partial charge in [0.05, 0.1) is 22.4 Å². The molecule has 0 saturated carbocycles. The Kier molecular flexibility index (Phi) is 3.50. The number of hydrogen-bond acceptors (Lipinski definition) is 0. The average molecular weight is 333 g/mol. The molecule has 0 fully saturated rings. The summed E-state index contributed by atoms with van der Waals surface area (Å²) in [5.41, 5.74) is 4.40. The molecule has 0 aliphatic carbocycles. The Balaban J connectivity index is 1.91. The maximum absolute atomic E-state index is 6.42. The summed E-state index contributed by atoms with van der Waals surface area (Å²) in [5, 5.41) is 3.46. The molecular formula is C25H17O+. The molecule has 0 bridgehead atoms. The van der Waals surface area contributed by atoms with Crippen LogP contribution in [-0.4, -0.2) is 0 Å². The van der Waals surface area contributed by atoms with Crippen LogP contribution in [-0.2, 0) is 0 Å². The molecule has 0 unspecified atom stereocenters. The molecule has 0 saturated heterocycles. The quantitative estimate of drug-likeness (QED) is 0.245. The van der Waals surface area contributed by atoms with Gasteiger partial charge in [0, 0.05) is 5.56 Å². The third kappa shape index (κ3) is 2.46. The first-order valence-electron chi connectivity index (χ1n) is 8.79. The molecule has 0 aliphatic heterocycles. The van der Waals surface area contributed by atoms with Crippen LogP contribution in [0.4, 0.5) is 0 Å². The van der Waals surface area contributed by atoms with E-state index in [2.05, 4.69) is 78.9 Å². The zero-order valence-corrected chi connectivity index (χ0v) is 14.2. The minimum Gasteiger partial charge on any atom is -0.206 e. The normalized spacial score (nSPS) is 11.1. The van der Waals surface area contributed by atoms with E-state index in [1.807, 2.05) is 24.3 Å². The second-order valence-electron chi connectivity index (χ2n) is 6.42. The van der Waals surface area contributed by atoms with E-state index in [4.69, 9.17) is 4.42 Å². The number of benzene rings is 4. The Morgan fingerprint density at radius 2 is 1.15 bits per heavy atom. The Bertz CT molecular complexity index is 1210. The van der Waals surface area contributed by atoms with Gasteiger partial charge in [-0.15, -0.1) is 0 Å². The highest BCUT2D eigenvalue weighted by Gasteiger charge is 2.21. The van der Waals surface area contributed by atoms with Crippen molar-refractivity contribution in [3.8, 4) is 22.5 Å². The number of rotatable bonds is 2. The maximum atomic E-state index is 6.42. The third-order valence-corrected chi connectivity index (χ3v) is 4.80. The van der Waals surface area contributed by atoms with Gasteiger partial charge in [-0.05, 0) is 35.2 Å². The average Bonchev–Trinajstić information content (AvgIpc) is 2.74. The first-order valence-corrected chi connectivity index (χ1v) is 8.79. The lowest BCUT2D eigenvalue weighted by atomic mass is 9.97. The molecule has 5 aromatic rings. The lowest BCUT2D eigenvalue weighted by Crippen LogP contribution is -1.87. The highest BCUT2D eigenvalue weighted by atomic mass is 16.3. The lowest BCUT2D eigenvalue weighted by molar-refractivity contribution is 0.624. The van der Waals surface area contributed by atoms with E-state index in [9.17, 15) is 0 Å². The van der Waals surface area contributed by atoms with Crippen LogP contribution in [0.2, 0.25) is 0 Å².